The summed E-state index contributed by atoms with van der Waals surface area (Å²) in [4.78, 5) is 0. The molecular formula is C11H14N2. The van der Waals surface area contributed by atoms with Crippen LogP contribution < -0.4 is 5.32 Å². The number of nitriles is 1. The van der Waals surface area contributed by atoms with Gasteiger partial charge in [0.05, 0.1) is 12.6 Å². The van der Waals surface area contributed by atoms with Crippen LogP contribution in [0.3, 0.4) is 0 Å². The molecule has 0 unspecified atom stereocenters. The molecule has 0 amide bonds. The molecule has 1 N–H and O–H groups in total. The second-order valence-electron chi connectivity index (χ2n) is 3.19. The van der Waals surface area contributed by atoms with Gasteiger partial charge in [-0.2, -0.15) is 5.26 Å². The van der Waals surface area contributed by atoms with Gasteiger partial charge in [0.25, 0.3) is 0 Å². The van der Waals surface area contributed by atoms with Crippen molar-refractivity contribution in [3.05, 3.63) is 34.9 Å². The van der Waals surface area contributed by atoms with Crippen LogP contribution in [0.15, 0.2) is 18.2 Å². The predicted octanol–water partition coefficient (Wildman–Crippen LogP) is 1.92. The van der Waals surface area contributed by atoms with Crippen LogP contribution in [-0.2, 0) is 6.54 Å². The van der Waals surface area contributed by atoms with Gasteiger partial charge in [0.2, 0.25) is 0 Å². The van der Waals surface area contributed by atoms with Gasteiger partial charge in [0.15, 0.2) is 0 Å². The molecule has 0 atom stereocenters. The van der Waals surface area contributed by atoms with Crippen LogP contribution in [-0.4, -0.2) is 6.54 Å². The normalized spacial score (nSPS) is 9.62. The van der Waals surface area contributed by atoms with Crippen LogP contribution in [0.25, 0.3) is 0 Å². The van der Waals surface area contributed by atoms with Crippen molar-refractivity contribution in [2.75, 3.05) is 6.54 Å². The maximum absolute atomic E-state index is 8.36. The average molecular weight is 174 g/mol. The fourth-order valence-electron chi connectivity index (χ4n) is 1.24. The quantitative estimate of drug-likeness (QED) is 0.561. The van der Waals surface area contributed by atoms with Crippen molar-refractivity contribution < 1.29 is 0 Å². The Bertz CT molecular complexity index is 323. The van der Waals surface area contributed by atoms with E-state index in [1.54, 1.807) is 0 Å². The summed E-state index contributed by atoms with van der Waals surface area (Å²) in [6.07, 6.45) is 0. The first-order valence-corrected chi connectivity index (χ1v) is 4.38. The first-order valence-electron chi connectivity index (χ1n) is 4.38. The highest BCUT2D eigenvalue weighted by Gasteiger charge is 1.97. The summed E-state index contributed by atoms with van der Waals surface area (Å²) < 4.78 is 0. The lowest BCUT2D eigenvalue weighted by Crippen LogP contribution is -2.13. The van der Waals surface area contributed by atoms with Crippen LogP contribution in [0.2, 0.25) is 0 Å². The van der Waals surface area contributed by atoms with Gasteiger partial charge in [0.1, 0.15) is 0 Å². The Hall–Kier alpha value is -1.33. The molecule has 0 bridgehead atoms. The lowest BCUT2D eigenvalue weighted by atomic mass is 10.1. The minimum atomic E-state index is 0.410. The molecule has 0 saturated heterocycles. The Kier molecular flexibility index (Phi) is 3.48. The van der Waals surface area contributed by atoms with Gasteiger partial charge in [-0.1, -0.05) is 23.8 Å². The molecule has 0 aliphatic heterocycles. The average Bonchev–Trinajstić information content (AvgIpc) is 2.11. The van der Waals surface area contributed by atoms with E-state index in [1.807, 2.05) is 0 Å². The molecule has 68 valence electrons. The van der Waals surface area contributed by atoms with E-state index < -0.39 is 0 Å². The molecular weight excluding hydrogens is 160 g/mol. The molecule has 0 spiro atoms. The van der Waals surface area contributed by atoms with Gasteiger partial charge in [-0.3, -0.25) is 0 Å². The Labute approximate surface area is 79.2 Å². The van der Waals surface area contributed by atoms with Gasteiger partial charge >= 0.3 is 0 Å². The Morgan fingerprint density at radius 2 is 2.15 bits per heavy atom. The van der Waals surface area contributed by atoms with Gasteiger partial charge in [-0.25, -0.2) is 0 Å². The standard InChI is InChI=1S/C11H14N2/c1-9-3-4-10(2)11(7-9)8-13-6-5-12/h3-4,7,13H,6,8H2,1-2H3. The summed E-state index contributed by atoms with van der Waals surface area (Å²) >= 11 is 0. The molecule has 2 nitrogen and oxygen atoms in total. The number of aryl methyl sites for hydroxylation is 2. The molecule has 2 heteroatoms. The maximum Gasteiger partial charge on any atom is 0.0843 e. The third-order valence-corrected chi connectivity index (χ3v) is 2.02. The molecule has 0 radical (unpaired) electrons. The van der Waals surface area contributed by atoms with Crippen LogP contribution in [0.4, 0.5) is 0 Å². The van der Waals surface area contributed by atoms with Crippen LogP contribution in [0.5, 0.6) is 0 Å². The number of hydrogen-bond acceptors (Lipinski definition) is 2. The van der Waals surface area contributed by atoms with E-state index in [0.29, 0.717) is 6.54 Å². The van der Waals surface area contributed by atoms with Crippen molar-refractivity contribution in [1.29, 1.82) is 5.26 Å². The minimum Gasteiger partial charge on any atom is -0.300 e. The first-order chi connectivity index (χ1) is 6.24. The number of rotatable bonds is 3. The van der Waals surface area contributed by atoms with E-state index in [9.17, 15) is 0 Å². The summed E-state index contributed by atoms with van der Waals surface area (Å²) in [7, 11) is 0. The molecule has 1 aromatic rings. The summed E-state index contributed by atoms with van der Waals surface area (Å²) in [5, 5.41) is 11.4. The van der Waals surface area contributed by atoms with Crippen molar-refractivity contribution in [3.63, 3.8) is 0 Å². The van der Waals surface area contributed by atoms with Crippen molar-refractivity contribution in [1.82, 2.24) is 5.32 Å². The van der Waals surface area contributed by atoms with E-state index in [0.717, 1.165) is 6.54 Å². The highest BCUT2D eigenvalue weighted by molar-refractivity contribution is 5.30. The Morgan fingerprint density at radius 3 is 2.85 bits per heavy atom. The molecule has 0 aliphatic carbocycles. The number of nitrogens with zero attached hydrogens (tertiary/aromatic N) is 1. The Morgan fingerprint density at radius 1 is 1.38 bits per heavy atom. The predicted molar refractivity (Wildman–Crippen MR) is 53.2 cm³/mol. The molecule has 0 aliphatic rings. The second-order valence-corrected chi connectivity index (χ2v) is 3.19. The SMILES string of the molecule is Cc1ccc(C)c(CNCC#N)c1. The largest absolute Gasteiger partial charge is 0.300 e. The highest BCUT2D eigenvalue weighted by Crippen LogP contribution is 2.09. The molecule has 1 rings (SSSR count). The van der Waals surface area contributed by atoms with E-state index in [1.165, 1.54) is 16.7 Å². The molecule has 0 fully saturated rings. The molecule has 1 aromatic carbocycles. The van der Waals surface area contributed by atoms with Crippen LogP contribution in [0.1, 0.15) is 16.7 Å². The second kappa shape index (κ2) is 4.64. The topological polar surface area (TPSA) is 35.8 Å². The van der Waals surface area contributed by atoms with Gasteiger partial charge in [-0.15, -0.1) is 0 Å². The van der Waals surface area contributed by atoms with Crippen molar-refractivity contribution in [3.8, 4) is 6.07 Å². The maximum atomic E-state index is 8.36. The molecule has 13 heavy (non-hydrogen) atoms. The highest BCUT2D eigenvalue weighted by atomic mass is 14.8. The fraction of sp³-hybridized carbons (Fsp3) is 0.364. The minimum absolute atomic E-state index is 0.410. The van der Waals surface area contributed by atoms with Crippen molar-refractivity contribution in [2.24, 2.45) is 0 Å². The number of nitrogens with one attached hydrogen (secondary N) is 1. The zero-order chi connectivity index (χ0) is 9.68. The summed E-state index contributed by atoms with van der Waals surface area (Å²) in [6, 6.07) is 8.42. The van der Waals surface area contributed by atoms with Gasteiger partial charge in [0, 0.05) is 6.54 Å². The van der Waals surface area contributed by atoms with Crippen LogP contribution in [0, 0.1) is 25.2 Å². The zero-order valence-electron chi connectivity index (χ0n) is 8.09. The summed E-state index contributed by atoms with van der Waals surface area (Å²) in [5.41, 5.74) is 3.81. The smallest absolute Gasteiger partial charge is 0.0843 e. The van der Waals surface area contributed by atoms with Gasteiger partial charge < -0.3 is 5.32 Å². The fourth-order valence-corrected chi connectivity index (χ4v) is 1.24. The number of benzene rings is 1. The van der Waals surface area contributed by atoms with E-state index >= 15 is 0 Å². The van der Waals surface area contributed by atoms with Crippen molar-refractivity contribution in [2.45, 2.75) is 20.4 Å². The lowest BCUT2D eigenvalue weighted by Gasteiger charge is -2.06. The lowest BCUT2D eigenvalue weighted by molar-refractivity contribution is 0.761. The van der Waals surface area contributed by atoms with E-state index in [-0.39, 0.29) is 0 Å². The molecule has 0 heterocycles. The third kappa shape index (κ3) is 2.89. The van der Waals surface area contributed by atoms with Crippen molar-refractivity contribution >= 4 is 0 Å². The van der Waals surface area contributed by atoms with Crippen LogP contribution >= 0.6 is 0 Å². The molecule has 0 saturated carbocycles. The first kappa shape index (κ1) is 9.76. The number of hydrogen-bond donors (Lipinski definition) is 1. The third-order valence-electron chi connectivity index (χ3n) is 2.02. The molecule has 0 aromatic heterocycles. The Balaban J connectivity index is 2.65. The summed E-state index contributed by atoms with van der Waals surface area (Å²) in [6.45, 7) is 5.35. The van der Waals surface area contributed by atoms with E-state index in [2.05, 4.69) is 43.4 Å². The van der Waals surface area contributed by atoms with E-state index in [4.69, 9.17) is 5.26 Å². The van der Waals surface area contributed by atoms with Gasteiger partial charge in [-0.05, 0) is 25.0 Å². The monoisotopic (exact) mass is 174 g/mol. The zero-order valence-corrected chi connectivity index (χ0v) is 8.09. The summed E-state index contributed by atoms with van der Waals surface area (Å²) in [5.74, 6) is 0.